The van der Waals surface area contributed by atoms with Crippen molar-refractivity contribution in [2.45, 2.75) is 4.90 Å². The number of rotatable bonds is 3. The van der Waals surface area contributed by atoms with Crippen molar-refractivity contribution in [3.63, 3.8) is 0 Å². The fourth-order valence-electron chi connectivity index (χ4n) is 1.40. The molecule has 18 heavy (non-hydrogen) atoms. The Balaban J connectivity index is 2.40. The van der Waals surface area contributed by atoms with Crippen LogP contribution in [0.15, 0.2) is 39.8 Å². The third kappa shape index (κ3) is 2.49. The highest BCUT2D eigenvalue weighted by atomic mass is 79.9. The van der Waals surface area contributed by atoms with Crippen molar-refractivity contribution in [3.05, 3.63) is 34.9 Å². The second-order valence-corrected chi connectivity index (χ2v) is 6.14. The van der Waals surface area contributed by atoms with Gasteiger partial charge in [0.15, 0.2) is 0 Å². The van der Waals surface area contributed by atoms with Gasteiger partial charge in [0.25, 0.3) is 10.0 Å². The average Bonchev–Trinajstić information content (AvgIpc) is 2.63. The van der Waals surface area contributed by atoms with Crippen LogP contribution >= 0.6 is 15.9 Å². The summed E-state index contributed by atoms with van der Waals surface area (Å²) in [6.07, 6.45) is 1.51. The van der Waals surface area contributed by atoms with Crippen LogP contribution in [-0.2, 0) is 17.1 Å². The van der Waals surface area contributed by atoms with Gasteiger partial charge in [-0.1, -0.05) is 0 Å². The molecule has 0 spiro atoms. The molecule has 6 nitrogen and oxygen atoms in total. The van der Waals surface area contributed by atoms with E-state index in [1.807, 2.05) is 0 Å². The molecule has 0 radical (unpaired) electrons. The number of aromatic nitrogens is 2. The SMILES string of the molecule is Cn1nccc1NS(=O)(=O)c1ccc(N)cc1Br. The second kappa shape index (κ2) is 4.62. The summed E-state index contributed by atoms with van der Waals surface area (Å²) in [5.74, 6) is 0.388. The van der Waals surface area contributed by atoms with E-state index in [2.05, 4.69) is 25.8 Å². The molecule has 1 aromatic heterocycles. The maximum absolute atomic E-state index is 12.2. The summed E-state index contributed by atoms with van der Waals surface area (Å²) in [5, 5.41) is 3.89. The Morgan fingerprint density at radius 1 is 1.39 bits per heavy atom. The van der Waals surface area contributed by atoms with Crippen molar-refractivity contribution >= 4 is 37.5 Å². The van der Waals surface area contributed by atoms with Crippen LogP contribution in [-0.4, -0.2) is 18.2 Å². The molecule has 0 atom stereocenters. The fourth-order valence-corrected chi connectivity index (χ4v) is 3.59. The van der Waals surface area contributed by atoms with E-state index in [1.54, 1.807) is 13.1 Å². The molecule has 0 aliphatic heterocycles. The van der Waals surface area contributed by atoms with Crippen LogP contribution in [0, 0.1) is 0 Å². The van der Waals surface area contributed by atoms with Crippen LogP contribution in [0.2, 0.25) is 0 Å². The number of nitrogens with zero attached hydrogens (tertiary/aromatic N) is 2. The molecule has 96 valence electrons. The van der Waals surface area contributed by atoms with Crippen LogP contribution in [0.25, 0.3) is 0 Å². The van der Waals surface area contributed by atoms with Crippen molar-refractivity contribution < 1.29 is 8.42 Å². The lowest BCUT2D eigenvalue weighted by atomic mass is 10.3. The van der Waals surface area contributed by atoms with Crippen molar-refractivity contribution in [2.24, 2.45) is 7.05 Å². The summed E-state index contributed by atoms with van der Waals surface area (Å²) in [4.78, 5) is 0.123. The van der Waals surface area contributed by atoms with Gasteiger partial charge in [0, 0.05) is 23.3 Å². The first-order chi connectivity index (χ1) is 8.40. The maximum Gasteiger partial charge on any atom is 0.264 e. The van der Waals surface area contributed by atoms with E-state index in [4.69, 9.17) is 5.73 Å². The molecule has 0 unspecified atom stereocenters. The first kappa shape index (κ1) is 12.9. The number of anilines is 2. The van der Waals surface area contributed by atoms with Crippen LogP contribution in [0.5, 0.6) is 0 Å². The molecule has 0 saturated carbocycles. The van der Waals surface area contributed by atoms with Gasteiger partial charge in [0.2, 0.25) is 0 Å². The average molecular weight is 331 g/mol. The van der Waals surface area contributed by atoms with Gasteiger partial charge in [-0.15, -0.1) is 0 Å². The Kier molecular flexibility index (Phi) is 3.31. The van der Waals surface area contributed by atoms with E-state index < -0.39 is 10.0 Å². The number of benzene rings is 1. The van der Waals surface area contributed by atoms with Crippen LogP contribution in [0.3, 0.4) is 0 Å². The molecule has 0 amide bonds. The highest BCUT2D eigenvalue weighted by molar-refractivity contribution is 9.10. The molecule has 3 N–H and O–H groups in total. The normalized spacial score (nSPS) is 11.4. The van der Waals surface area contributed by atoms with E-state index in [0.717, 1.165) is 0 Å². The molecule has 1 heterocycles. The summed E-state index contributed by atoms with van der Waals surface area (Å²) in [6.45, 7) is 0. The summed E-state index contributed by atoms with van der Waals surface area (Å²) in [5.41, 5.74) is 6.06. The Hall–Kier alpha value is -1.54. The maximum atomic E-state index is 12.2. The van der Waals surface area contributed by atoms with E-state index in [1.165, 1.54) is 29.1 Å². The monoisotopic (exact) mass is 330 g/mol. The van der Waals surface area contributed by atoms with Gasteiger partial charge in [-0.3, -0.25) is 9.40 Å². The van der Waals surface area contributed by atoms with E-state index in [9.17, 15) is 8.42 Å². The van der Waals surface area contributed by atoms with Gasteiger partial charge in [-0.25, -0.2) is 8.42 Å². The third-order valence-electron chi connectivity index (χ3n) is 2.31. The number of hydrogen-bond donors (Lipinski definition) is 2. The lowest BCUT2D eigenvalue weighted by Crippen LogP contribution is -2.16. The molecular weight excluding hydrogens is 320 g/mol. The largest absolute Gasteiger partial charge is 0.399 e. The smallest absolute Gasteiger partial charge is 0.264 e. The molecule has 8 heteroatoms. The zero-order valence-corrected chi connectivity index (χ0v) is 11.9. The molecule has 0 saturated heterocycles. The van der Waals surface area contributed by atoms with Crippen molar-refractivity contribution in [1.82, 2.24) is 9.78 Å². The highest BCUT2D eigenvalue weighted by Gasteiger charge is 2.18. The summed E-state index contributed by atoms with van der Waals surface area (Å²) in [7, 11) is -2.02. The molecule has 2 rings (SSSR count). The highest BCUT2D eigenvalue weighted by Crippen LogP contribution is 2.25. The van der Waals surface area contributed by atoms with E-state index >= 15 is 0 Å². The Morgan fingerprint density at radius 2 is 2.11 bits per heavy atom. The molecule has 0 aliphatic rings. The van der Waals surface area contributed by atoms with Crippen molar-refractivity contribution in [3.8, 4) is 0 Å². The van der Waals surface area contributed by atoms with Crippen molar-refractivity contribution in [2.75, 3.05) is 10.5 Å². The van der Waals surface area contributed by atoms with Crippen LogP contribution in [0.4, 0.5) is 11.5 Å². The lowest BCUT2D eigenvalue weighted by Gasteiger charge is -2.09. The molecule has 1 aromatic carbocycles. The number of nitrogens with two attached hydrogens (primary N) is 1. The Bertz CT molecular complexity index is 681. The van der Waals surface area contributed by atoms with Gasteiger partial charge < -0.3 is 5.73 Å². The summed E-state index contributed by atoms with van der Waals surface area (Å²) >= 11 is 3.18. The zero-order chi connectivity index (χ0) is 13.3. The molecule has 0 aliphatic carbocycles. The standard InChI is InChI=1S/C10H11BrN4O2S/c1-15-10(4-5-13-15)14-18(16,17)9-3-2-7(12)6-8(9)11/h2-6,14H,12H2,1H3. The van der Waals surface area contributed by atoms with Gasteiger partial charge in [-0.05, 0) is 34.1 Å². The predicted octanol–water partition coefficient (Wildman–Crippen LogP) is 1.57. The van der Waals surface area contributed by atoms with E-state index in [0.29, 0.717) is 16.0 Å². The molecule has 0 bridgehead atoms. The zero-order valence-electron chi connectivity index (χ0n) is 9.46. The van der Waals surface area contributed by atoms with Crippen LogP contribution in [0.1, 0.15) is 0 Å². The topological polar surface area (TPSA) is 90.0 Å². The number of nitrogen functional groups attached to an aromatic ring is 1. The van der Waals surface area contributed by atoms with E-state index in [-0.39, 0.29) is 4.90 Å². The fraction of sp³-hybridized carbons (Fsp3) is 0.100. The quantitative estimate of drug-likeness (QED) is 0.836. The molecular formula is C10H11BrN4O2S. The number of hydrogen-bond acceptors (Lipinski definition) is 4. The van der Waals surface area contributed by atoms with Gasteiger partial charge in [0.05, 0.1) is 6.20 Å². The first-order valence-electron chi connectivity index (χ1n) is 4.96. The number of aryl methyl sites for hydroxylation is 1. The molecule has 0 fully saturated rings. The lowest BCUT2D eigenvalue weighted by molar-refractivity contribution is 0.600. The van der Waals surface area contributed by atoms with Gasteiger partial charge >= 0.3 is 0 Å². The summed E-state index contributed by atoms with van der Waals surface area (Å²) in [6, 6.07) is 6.08. The number of halogens is 1. The summed E-state index contributed by atoms with van der Waals surface area (Å²) < 4.78 is 28.6. The number of nitrogens with one attached hydrogen (secondary N) is 1. The third-order valence-corrected chi connectivity index (χ3v) is 4.64. The van der Waals surface area contributed by atoms with Gasteiger partial charge in [0.1, 0.15) is 10.7 Å². The van der Waals surface area contributed by atoms with Crippen LogP contribution < -0.4 is 10.5 Å². The van der Waals surface area contributed by atoms with Crippen molar-refractivity contribution in [1.29, 1.82) is 0 Å². The number of sulfonamides is 1. The van der Waals surface area contributed by atoms with Gasteiger partial charge in [-0.2, -0.15) is 5.10 Å². The Morgan fingerprint density at radius 3 is 2.67 bits per heavy atom. The minimum atomic E-state index is -3.67. The second-order valence-electron chi connectivity index (χ2n) is 3.64. The predicted molar refractivity (Wildman–Crippen MR) is 72.6 cm³/mol. The first-order valence-corrected chi connectivity index (χ1v) is 7.23. The molecule has 2 aromatic rings. The minimum Gasteiger partial charge on any atom is -0.399 e. The Labute approximate surface area is 113 Å². The minimum absolute atomic E-state index is 0.123.